The first kappa shape index (κ1) is 17.1. The molecular formula is C15H23N3O3. The second-order valence-electron chi connectivity index (χ2n) is 4.84. The van der Waals surface area contributed by atoms with Crippen LogP contribution < -0.4 is 5.32 Å². The maximum absolute atomic E-state index is 11.9. The van der Waals surface area contributed by atoms with Gasteiger partial charge in [0.05, 0.1) is 4.92 Å². The normalized spacial score (nSPS) is 12.0. The lowest BCUT2D eigenvalue weighted by molar-refractivity contribution is -0.384. The molecule has 1 rings (SSSR count). The maximum Gasteiger partial charge on any atom is 0.269 e. The summed E-state index contributed by atoms with van der Waals surface area (Å²) in [6.45, 7) is 7.96. The lowest BCUT2D eigenvalue weighted by Crippen LogP contribution is -2.33. The number of carbonyl (C=O) groups excluding carboxylic acids is 1. The highest BCUT2D eigenvalue weighted by Gasteiger charge is 2.11. The first-order valence-electron chi connectivity index (χ1n) is 7.25. The van der Waals surface area contributed by atoms with Crippen molar-refractivity contribution in [2.45, 2.75) is 33.2 Å². The summed E-state index contributed by atoms with van der Waals surface area (Å²) >= 11 is 0. The summed E-state index contributed by atoms with van der Waals surface area (Å²) < 4.78 is 0. The Morgan fingerprint density at radius 3 is 2.33 bits per heavy atom. The van der Waals surface area contributed by atoms with Crippen molar-refractivity contribution < 1.29 is 9.72 Å². The predicted molar refractivity (Wildman–Crippen MR) is 82.1 cm³/mol. The van der Waals surface area contributed by atoms with Gasteiger partial charge in [-0.2, -0.15) is 0 Å². The molecule has 0 aliphatic heterocycles. The van der Waals surface area contributed by atoms with E-state index in [4.69, 9.17) is 0 Å². The molecule has 0 bridgehead atoms. The number of nitrogens with zero attached hydrogens (tertiary/aromatic N) is 2. The molecule has 0 radical (unpaired) electrons. The Hall–Kier alpha value is -1.95. The van der Waals surface area contributed by atoms with Gasteiger partial charge < -0.3 is 10.2 Å². The fraction of sp³-hybridized carbons (Fsp3) is 0.533. The van der Waals surface area contributed by atoms with Gasteiger partial charge >= 0.3 is 0 Å². The predicted octanol–water partition coefficient (Wildman–Crippen LogP) is 2.50. The van der Waals surface area contributed by atoms with Gasteiger partial charge in [-0.25, -0.2) is 0 Å². The van der Waals surface area contributed by atoms with Crippen LogP contribution in [0.4, 0.5) is 5.69 Å². The van der Waals surface area contributed by atoms with Crippen LogP contribution in [-0.4, -0.2) is 35.4 Å². The van der Waals surface area contributed by atoms with Crippen molar-refractivity contribution in [3.8, 4) is 0 Å². The molecule has 0 fully saturated rings. The number of non-ortho nitro benzene ring substituents is 1. The monoisotopic (exact) mass is 293 g/mol. The molecule has 116 valence electrons. The number of nitrogens with one attached hydrogen (secondary N) is 1. The van der Waals surface area contributed by atoms with Crippen molar-refractivity contribution in [1.82, 2.24) is 10.2 Å². The van der Waals surface area contributed by atoms with E-state index < -0.39 is 4.92 Å². The van der Waals surface area contributed by atoms with E-state index in [9.17, 15) is 14.9 Å². The Balaban J connectivity index is 2.45. The minimum atomic E-state index is -0.412. The van der Waals surface area contributed by atoms with Gasteiger partial charge in [0.1, 0.15) is 0 Å². The minimum absolute atomic E-state index is 0.0512. The molecule has 0 aliphatic rings. The number of benzene rings is 1. The van der Waals surface area contributed by atoms with E-state index in [1.807, 2.05) is 20.8 Å². The van der Waals surface area contributed by atoms with Crippen LogP contribution in [-0.2, 0) is 4.79 Å². The van der Waals surface area contributed by atoms with E-state index in [-0.39, 0.29) is 17.6 Å². The highest BCUT2D eigenvalue weighted by molar-refractivity contribution is 5.76. The Bertz CT molecular complexity index is 470. The summed E-state index contributed by atoms with van der Waals surface area (Å²) in [5, 5.41) is 13.9. The lowest BCUT2D eigenvalue weighted by Gasteiger charge is -2.19. The highest BCUT2D eigenvalue weighted by Crippen LogP contribution is 2.17. The molecule has 1 unspecified atom stereocenters. The Labute approximate surface area is 125 Å². The van der Waals surface area contributed by atoms with Gasteiger partial charge in [0.25, 0.3) is 5.69 Å². The molecule has 1 aromatic carbocycles. The minimum Gasteiger partial charge on any atom is -0.343 e. The maximum atomic E-state index is 11.9. The lowest BCUT2D eigenvalue weighted by atomic mass is 10.1. The molecule has 0 saturated heterocycles. The quantitative estimate of drug-likeness (QED) is 0.590. The first-order valence-corrected chi connectivity index (χ1v) is 7.25. The zero-order chi connectivity index (χ0) is 15.8. The fourth-order valence-electron chi connectivity index (χ4n) is 2.13. The van der Waals surface area contributed by atoms with Gasteiger partial charge in [0.2, 0.25) is 5.91 Å². The molecule has 1 amide bonds. The molecule has 0 aliphatic carbocycles. The SMILES string of the molecule is CCN(CC)C(=O)CCNC(C)c1ccc([N+](=O)[O-])cc1. The van der Waals surface area contributed by atoms with Gasteiger partial charge in [-0.1, -0.05) is 12.1 Å². The molecule has 0 spiro atoms. The average molecular weight is 293 g/mol. The Kier molecular flexibility index (Phi) is 6.81. The molecule has 0 aromatic heterocycles. The third-order valence-corrected chi connectivity index (χ3v) is 3.51. The number of carbonyl (C=O) groups is 1. The second-order valence-corrected chi connectivity index (χ2v) is 4.84. The molecule has 0 heterocycles. The average Bonchev–Trinajstić information content (AvgIpc) is 2.48. The van der Waals surface area contributed by atoms with Gasteiger partial charge in [0, 0.05) is 44.2 Å². The van der Waals surface area contributed by atoms with E-state index in [1.54, 1.807) is 17.0 Å². The van der Waals surface area contributed by atoms with Crippen LogP contribution in [0, 0.1) is 10.1 Å². The Morgan fingerprint density at radius 2 is 1.86 bits per heavy atom. The molecular weight excluding hydrogens is 270 g/mol. The van der Waals surface area contributed by atoms with Crippen LogP contribution in [0.3, 0.4) is 0 Å². The van der Waals surface area contributed by atoms with Crippen LogP contribution in [0.5, 0.6) is 0 Å². The van der Waals surface area contributed by atoms with Crippen molar-refractivity contribution in [1.29, 1.82) is 0 Å². The van der Waals surface area contributed by atoms with Crippen molar-refractivity contribution in [2.75, 3.05) is 19.6 Å². The zero-order valence-corrected chi connectivity index (χ0v) is 12.8. The van der Waals surface area contributed by atoms with Crippen molar-refractivity contribution in [3.05, 3.63) is 39.9 Å². The summed E-state index contributed by atoms with van der Waals surface area (Å²) in [5.74, 6) is 0.142. The van der Waals surface area contributed by atoms with E-state index in [2.05, 4.69) is 5.32 Å². The van der Waals surface area contributed by atoms with Gasteiger partial charge in [-0.15, -0.1) is 0 Å². The fourth-order valence-corrected chi connectivity index (χ4v) is 2.13. The summed E-state index contributed by atoms with van der Waals surface area (Å²) in [7, 11) is 0. The van der Waals surface area contributed by atoms with Crippen LogP contribution in [0.15, 0.2) is 24.3 Å². The van der Waals surface area contributed by atoms with E-state index in [1.165, 1.54) is 12.1 Å². The van der Waals surface area contributed by atoms with E-state index in [0.29, 0.717) is 13.0 Å². The number of rotatable bonds is 8. The number of hydrogen-bond acceptors (Lipinski definition) is 4. The topological polar surface area (TPSA) is 75.5 Å². The van der Waals surface area contributed by atoms with Crippen LogP contribution in [0.25, 0.3) is 0 Å². The highest BCUT2D eigenvalue weighted by atomic mass is 16.6. The first-order chi connectivity index (χ1) is 9.99. The molecule has 1 aromatic rings. The third-order valence-electron chi connectivity index (χ3n) is 3.51. The zero-order valence-electron chi connectivity index (χ0n) is 12.8. The third kappa shape index (κ3) is 5.15. The summed E-state index contributed by atoms with van der Waals surface area (Å²) in [5.41, 5.74) is 1.05. The van der Waals surface area contributed by atoms with Gasteiger partial charge in [-0.3, -0.25) is 14.9 Å². The number of nitro groups is 1. The van der Waals surface area contributed by atoms with E-state index >= 15 is 0 Å². The smallest absolute Gasteiger partial charge is 0.269 e. The van der Waals surface area contributed by atoms with Crippen molar-refractivity contribution >= 4 is 11.6 Å². The van der Waals surface area contributed by atoms with Gasteiger partial charge in [-0.05, 0) is 26.3 Å². The molecule has 6 heteroatoms. The van der Waals surface area contributed by atoms with Gasteiger partial charge in [0.15, 0.2) is 0 Å². The van der Waals surface area contributed by atoms with Crippen molar-refractivity contribution in [3.63, 3.8) is 0 Å². The number of amides is 1. The van der Waals surface area contributed by atoms with Crippen LogP contribution >= 0.6 is 0 Å². The number of hydrogen-bond donors (Lipinski definition) is 1. The molecule has 1 atom stereocenters. The summed E-state index contributed by atoms with van der Waals surface area (Å²) in [6.07, 6.45) is 0.457. The summed E-state index contributed by atoms with van der Waals surface area (Å²) in [4.78, 5) is 23.8. The summed E-state index contributed by atoms with van der Waals surface area (Å²) in [6, 6.07) is 6.52. The largest absolute Gasteiger partial charge is 0.343 e. The molecule has 21 heavy (non-hydrogen) atoms. The molecule has 1 N–H and O–H groups in total. The molecule has 0 saturated carbocycles. The van der Waals surface area contributed by atoms with Crippen LogP contribution in [0.2, 0.25) is 0 Å². The van der Waals surface area contributed by atoms with Crippen LogP contribution in [0.1, 0.15) is 38.8 Å². The number of nitro benzene ring substituents is 1. The second kappa shape index (κ2) is 8.36. The van der Waals surface area contributed by atoms with Crippen molar-refractivity contribution in [2.24, 2.45) is 0 Å². The Morgan fingerprint density at radius 1 is 1.29 bits per heavy atom. The molecule has 6 nitrogen and oxygen atoms in total. The standard InChI is InChI=1S/C15H23N3O3/c1-4-17(5-2)15(19)10-11-16-12(3)13-6-8-14(9-7-13)18(20)21/h6-9,12,16H,4-5,10-11H2,1-3H3. The van der Waals surface area contributed by atoms with E-state index in [0.717, 1.165) is 18.7 Å².